The largest absolute Gasteiger partial charge is 0.396 e. The number of hydrogen-bond acceptors (Lipinski definition) is 5. The fraction of sp³-hybridized carbons (Fsp3) is 0.500. The number of anilines is 2. The second kappa shape index (κ2) is 6.06. The van der Waals surface area contributed by atoms with E-state index in [0.29, 0.717) is 12.1 Å². The van der Waals surface area contributed by atoms with Gasteiger partial charge in [0.1, 0.15) is 0 Å². The summed E-state index contributed by atoms with van der Waals surface area (Å²) < 4.78 is 23.1. The molecule has 1 aromatic rings. The molecule has 18 heavy (non-hydrogen) atoms. The molecule has 1 rings (SSSR count). The molecule has 0 fully saturated rings. The number of rotatable bonds is 6. The van der Waals surface area contributed by atoms with Crippen LogP contribution < -0.4 is 11.1 Å². The van der Waals surface area contributed by atoms with Crippen LogP contribution in [0, 0.1) is 0 Å². The van der Waals surface area contributed by atoms with Crippen LogP contribution in [-0.4, -0.2) is 32.4 Å². The summed E-state index contributed by atoms with van der Waals surface area (Å²) in [4.78, 5) is 0.131. The molecule has 0 radical (unpaired) electrons. The highest BCUT2D eigenvalue weighted by atomic mass is 32.2. The highest BCUT2D eigenvalue weighted by molar-refractivity contribution is 7.90. The zero-order valence-corrected chi connectivity index (χ0v) is 11.5. The fourth-order valence-electron chi connectivity index (χ4n) is 1.75. The van der Waals surface area contributed by atoms with E-state index < -0.39 is 9.84 Å². The fourth-order valence-corrected chi connectivity index (χ4v) is 2.58. The summed E-state index contributed by atoms with van der Waals surface area (Å²) in [5, 5.41) is 12.1. The minimum atomic E-state index is -3.33. The number of nitrogen functional groups attached to an aromatic ring is 1. The van der Waals surface area contributed by atoms with Gasteiger partial charge in [-0.2, -0.15) is 0 Å². The van der Waals surface area contributed by atoms with Crippen molar-refractivity contribution in [2.75, 3.05) is 23.9 Å². The molecule has 6 heteroatoms. The van der Waals surface area contributed by atoms with Gasteiger partial charge in [-0.05, 0) is 25.0 Å². The van der Waals surface area contributed by atoms with Gasteiger partial charge in [-0.3, -0.25) is 0 Å². The van der Waals surface area contributed by atoms with Gasteiger partial charge in [-0.15, -0.1) is 0 Å². The van der Waals surface area contributed by atoms with E-state index in [2.05, 4.69) is 5.32 Å². The second-order valence-corrected chi connectivity index (χ2v) is 6.24. The molecule has 0 heterocycles. The van der Waals surface area contributed by atoms with Crippen LogP contribution in [0.2, 0.25) is 0 Å². The maximum atomic E-state index is 11.5. The summed E-state index contributed by atoms with van der Waals surface area (Å²) in [6.45, 7) is 2.07. The van der Waals surface area contributed by atoms with E-state index in [1.807, 2.05) is 6.92 Å². The third-order valence-electron chi connectivity index (χ3n) is 2.80. The Bertz CT molecular complexity index is 500. The zero-order valence-electron chi connectivity index (χ0n) is 10.7. The predicted octanol–water partition coefficient (Wildman–Crippen LogP) is 1.25. The number of sulfone groups is 1. The van der Waals surface area contributed by atoms with Gasteiger partial charge >= 0.3 is 0 Å². The van der Waals surface area contributed by atoms with E-state index in [-0.39, 0.29) is 23.2 Å². The van der Waals surface area contributed by atoms with Crippen molar-refractivity contribution in [2.45, 2.75) is 30.7 Å². The lowest BCUT2D eigenvalue weighted by molar-refractivity contribution is 0.278. The summed E-state index contributed by atoms with van der Waals surface area (Å²) in [5.41, 5.74) is 6.69. The average molecular weight is 272 g/mol. The van der Waals surface area contributed by atoms with E-state index in [9.17, 15) is 8.42 Å². The standard InChI is InChI=1S/C12H20N2O3S/c1-3-9(7-8-15)14-10-5-4-6-11(12(10)13)18(2,16)17/h4-6,9,14-15H,3,7-8,13H2,1-2H3. The van der Waals surface area contributed by atoms with Crippen LogP contribution in [0.1, 0.15) is 19.8 Å². The van der Waals surface area contributed by atoms with Crippen molar-refractivity contribution in [3.63, 3.8) is 0 Å². The monoisotopic (exact) mass is 272 g/mol. The number of benzene rings is 1. The molecule has 0 aliphatic heterocycles. The maximum absolute atomic E-state index is 11.5. The van der Waals surface area contributed by atoms with E-state index in [4.69, 9.17) is 10.8 Å². The minimum absolute atomic E-state index is 0.0760. The van der Waals surface area contributed by atoms with Gasteiger partial charge in [0.05, 0.1) is 16.3 Å². The summed E-state index contributed by atoms with van der Waals surface area (Å²) in [6, 6.07) is 4.96. The van der Waals surface area contributed by atoms with E-state index in [1.165, 1.54) is 6.07 Å². The lowest BCUT2D eigenvalue weighted by atomic mass is 10.1. The Morgan fingerprint density at radius 3 is 2.61 bits per heavy atom. The van der Waals surface area contributed by atoms with E-state index in [1.54, 1.807) is 12.1 Å². The Morgan fingerprint density at radius 1 is 1.44 bits per heavy atom. The van der Waals surface area contributed by atoms with Crippen molar-refractivity contribution in [3.8, 4) is 0 Å². The number of aliphatic hydroxyl groups excluding tert-OH is 1. The first-order valence-corrected chi connectivity index (χ1v) is 7.75. The summed E-state index contributed by atoms with van der Waals surface area (Å²) >= 11 is 0. The molecule has 0 aliphatic carbocycles. The van der Waals surface area contributed by atoms with Crippen LogP contribution in [0.5, 0.6) is 0 Å². The Morgan fingerprint density at radius 2 is 2.11 bits per heavy atom. The SMILES string of the molecule is CCC(CCO)Nc1cccc(S(C)(=O)=O)c1N. The number of nitrogens with two attached hydrogens (primary N) is 1. The summed E-state index contributed by atoms with van der Waals surface area (Å²) in [6.07, 6.45) is 2.55. The highest BCUT2D eigenvalue weighted by Crippen LogP contribution is 2.27. The van der Waals surface area contributed by atoms with Crippen molar-refractivity contribution in [2.24, 2.45) is 0 Å². The highest BCUT2D eigenvalue weighted by Gasteiger charge is 2.15. The Balaban J connectivity index is 3.04. The molecule has 0 bridgehead atoms. The molecule has 0 spiro atoms. The zero-order chi connectivity index (χ0) is 13.8. The van der Waals surface area contributed by atoms with Gasteiger partial charge in [0.15, 0.2) is 9.84 Å². The van der Waals surface area contributed by atoms with Crippen molar-refractivity contribution in [1.29, 1.82) is 0 Å². The quantitative estimate of drug-likeness (QED) is 0.678. The van der Waals surface area contributed by atoms with Gasteiger partial charge in [0.2, 0.25) is 0 Å². The third kappa shape index (κ3) is 3.61. The van der Waals surface area contributed by atoms with Crippen LogP contribution in [0.4, 0.5) is 11.4 Å². The minimum Gasteiger partial charge on any atom is -0.396 e. The first kappa shape index (κ1) is 14.8. The van der Waals surface area contributed by atoms with Crippen molar-refractivity contribution >= 4 is 21.2 Å². The molecule has 0 saturated carbocycles. The first-order valence-electron chi connectivity index (χ1n) is 5.86. The number of aliphatic hydroxyl groups is 1. The van der Waals surface area contributed by atoms with Crippen LogP contribution >= 0.6 is 0 Å². The van der Waals surface area contributed by atoms with Crippen molar-refractivity contribution in [1.82, 2.24) is 0 Å². The molecule has 5 nitrogen and oxygen atoms in total. The molecule has 0 aliphatic rings. The predicted molar refractivity (Wildman–Crippen MR) is 73.4 cm³/mol. The summed E-state index contributed by atoms with van der Waals surface area (Å²) in [7, 11) is -3.33. The third-order valence-corrected chi connectivity index (χ3v) is 3.95. The normalized spacial score (nSPS) is 13.3. The van der Waals surface area contributed by atoms with Gasteiger partial charge in [0.25, 0.3) is 0 Å². The molecular formula is C12H20N2O3S. The molecule has 0 aromatic heterocycles. The Labute approximate surface area is 108 Å². The number of hydrogen-bond donors (Lipinski definition) is 3. The second-order valence-electron chi connectivity index (χ2n) is 4.25. The lowest BCUT2D eigenvalue weighted by Crippen LogP contribution is -2.21. The maximum Gasteiger partial charge on any atom is 0.177 e. The molecular weight excluding hydrogens is 252 g/mol. The topological polar surface area (TPSA) is 92.4 Å². The van der Waals surface area contributed by atoms with Crippen LogP contribution in [0.15, 0.2) is 23.1 Å². The van der Waals surface area contributed by atoms with Gasteiger partial charge in [-0.25, -0.2) is 8.42 Å². The first-order chi connectivity index (χ1) is 8.40. The molecule has 102 valence electrons. The van der Waals surface area contributed by atoms with Crippen LogP contribution in [0.25, 0.3) is 0 Å². The lowest BCUT2D eigenvalue weighted by Gasteiger charge is -2.19. The molecule has 4 N–H and O–H groups in total. The van der Waals surface area contributed by atoms with Crippen molar-refractivity contribution in [3.05, 3.63) is 18.2 Å². The van der Waals surface area contributed by atoms with Gasteiger partial charge in [-0.1, -0.05) is 13.0 Å². The van der Waals surface area contributed by atoms with Crippen LogP contribution in [-0.2, 0) is 9.84 Å². The van der Waals surface area contributed by atoms with Gasteiger partial charge in [0, 0.05) is 18.9 Å². The van der Waals surface area contributed by atoms with E-state index >= 15 is 0 Å². The molecule has 1 atom stereocenters. The summed E-state index contributed by atoms with van der Waals surface area (Å²) in [5.74, 6) is 0. The molecule has 0 saturated heterocycles. The molecule has 1 aromatic carbocycles. The average Bonchev–Trinajstić information content (AvgIpc) is 2.29. The number of nitrogens with one attached hydrogen (secondary N) is 1. The van der Waals surface area contributed by atoms with E-state index in [0.717, 1.165) is 12.7 Å². The Kier molecular flexibility index (Phi) is 4.98. The Hall–Kier alpha value is -1.27. The number of para-hydroxylation sites is 1. The molecule has 1 unspecified atom stereocenters. The molecule has 0 amide bonds. The van der Waals surface area contributed by atoms with Gasteiger partial charge < -0.3 is 16.2 Å². The smallest absolute Gasteiger partial charge is 0.177 e. The van der Waals surface area contributed by atoms with Crippen LogP contribution in [0.3, 0.4) is 0 Å². The van der Waals surface area contributed by atoms with Crippen molar-refractivity contribution < 1.29 is 13.5 Å².